The monoisotopic (exact) mass is 295 g/mol. The summed E-state index contributed by atoms with van der Waals surface area (Å²) in [6.45, 7) is 11.2. The van der Waals surface area contributed by atoms with Crippen LogP contribution in [-0.4, -0.2) is 30.7 Å². The van der Waals surface area contributed by atoms with E-state index >= 15 is 0 Å². The number of aryl methyl sites for hydroxylation is 1. The van der Waals surface area contributed by atoms with E-state index in [2.05, 4.69) is 36.6 Å². The zero-order chi connectivity index (χ0) is 16.0. The first-order chi connectivity index (χ1) is 9.89. The van der Waals surface area contributed by atoms with Gasteiger partial charge < -0.3 is 15.2 Å². The third-order valence-corrected chi connectivity index (χ3v) is 4.35. The predicted octanol–water partition coefficient (Wildman–Crippen LogP) is 2.69. The SMILES string of the molecule is CCCC(C)(CNC)C(C)NC(=O)c1noc(CC)c1C. The molecule has 5 heteroatoms. The van der Waals surface area contributed by atoms with Crippen molar-refractivity contribution >= 4 is 5.91 Å². The van der Waals surface area contributed by atoms with Gasteiger partial charge in [-0.05, 0) is 32.7 Å². The highest BCUT2D eigenvalue weighted by Crippen LogP contribution is 2.27. The second kappa shape index (κ2) is 7.59. The molecule has 2 N–H and O–H groups in total. The van der Waals surface area contributed by atoms with Gasteiger partial charge in [0.05, 0.1) is 0 Å². The van der Waals surface area contributed by atoms with Crippen molar-refractivity contribution in [2.24, 2.45) is 5.41 Å². The molecule has 1 heterocycles. The molecule has 5 nitrogen and oxygen atoms in total. The Morgan fingerprint density at radius 2 is 2.10 bits per heavy atom. The molecule has 2 atom stereocenters. The van der Waals surface area contributed by atoms with Gasteiger partial charge in [-0.1, -0.05) is 32.3 Å². The van der Waals surface area contributed by atoms with Crippen molar-refractivity contribution in [1.29, 1.82) is 0 Å². The van der Waals surface area contributed by atoms with Crippen molar-refractivity contribution in [1.82, 2.24) is 15.8 Å². The van der Waals surface area contributed by atoms with E-state index < -0.39 is 0 Å². The number of nitrogens with zero attached hydrogens (tertiary/aromatic N) is 1. The van der Waals surface area contributed by atoms with Gasteiger partial charge >= 0.3 is 0 Å². The van der Waals surface area contributed by atoms with E-state index in [1.54, 1.807) is 0 Å². The molecule has 0 fully saturated rings. The second-order valence-electron chi connectivity index (χ2n) is 6.06. The Kier molecular flexibility index (Phi) is 6.40. The largest absolute Gasteiger partial charge is 0.360 e. The normalized spacial score (nSPS) is 15.5. The lowest BCUT2D eigenvalue weighted by Crippen LogP contribution is -2.49. The first-order valence-corrected chi connectivity index (χ1v) is 7.80. The molecule has 0 aliphatic rings. The number of carbonyl (C=O) groups excluding carboxylic acids is 1. The molecule has 0 saturated heterocycles. The van der Waals surface area contributed by atoms with E-state index in [1.165, 1.54) is 0 Å². The van der Waals surface area contributed by atoms with Crippen LogP contribution in [0.5, 0.6) is 0 Å². The molecule has 120 valence electrons. The fourth-order valence-corrected chi connectivity index (χ4v) is 2.78. The highest BCUT2D eigenvalue weighted by atomic mass is 16.5. The van der Waals surface area contributed by atoms with Crippen LogP contribution in [0.1, 0.15) is 62.3 Å². The van der Waals surface area contributed by atoms with E-state index in [0.717, 1.165) is 37.1 Å². The summed E-state index contributed by atoms with van der Waals surface area (Å²) in [6, 6.07) is 0.0542. The number of hydrogen-bond acceptors (Lipinski definition) is 4. The van der Waals surface area contributed by atoms with Crippen LogP contribution in [0.15, 0.2) is 4.52 Å². The molecule has 0 aromatic carbocycles. The number of carbonyl (C=O) groups is 1. The fourth-order valence-electron chi connectivity index (χ4n) is 2.78. The predicted molar refractivity (Wildman–Crippen MR) is 84.5 cm³/mol. The quantitative estimate of drug-likeness (QED) is 0.774. The molecule has 1 aromatic rings. The van der Waals surface area contributed by atoms with Crippen molar-refractivity contribution < 1.29 is 9.32 Å². The van der Waals surface area contributed by atoms with Gasteiger partial charge in [-0.25, -0.2) is 0 Å². The van der Waals surface area contributed by atoms with Crippen LogP contribution in [0.3, 0.4) is 0 Å². The van der Waals surface area contributed by atoms with Gasteiger partial charge in [0.1, 0.15) is 5.76 Å². The van der Waals surface area contributed by atoms with Crippen molar-refractivity contribution in [2.75, 3.05) is 13.6 Å². The molecule has 0 bridgehead atoms. The van der Waals surface area contributed by atoms with Gasteiger partial charge in [0.25, 0.3) is 5.91 Å². The van der Waals surface area contributed by atoms with Crippen LogP contribution >= 0.6 is 0 Å². The maximum atomic E-state index is 12.4. The van der Waals surface area contributed by atoms with Gasteiger partial charge in [0.2, 0.25) is 0 Å². The molecule has 0 spiro atoms. The second-order valence-corrected chi connectivity index (χ2v) is 6.06. The summed E-state index contributed by atoms with van der Waals surface area (Å²) in [5.41, 5.74) is 1.26. The summed E-state index contributed by atoms with van der Waals surface area (Å²) in [5, 5.41) is 10.2. The lowest BCUT2D eigenvalue weighted by Gasteiger charge is -2.36. The maximum absolute atomic E-state index is 12.4. The minimum absolute atomic E-state index is 0.0182. The minimum atomic E-state index is -0.151. The molecule has 0 radical (unpaired) electrons. The molecule has 0 aliphatic carbocycles. The maximum Gasteiger partial charge on any atom is 0.273 e. The lowest BCUT2D eigenvalue weighted by molar-refractivity contribution is 0.0878. The van der Waals surface area contributed by atoms with E-state index in [4.69, 9.17) is 4.52 Å². The van der Waals surface area contributed by atoms with Gasteiger partial charge in [-0.2, -0.15) is 0 Å². The van der Waals surface area contributed by atoms with Crippen LogP contribution in [0.2, 0.25) is 0 Å². The molecule has 1 rings (SSSR count). The average molecular weight is 295 g/mol. The van der Waals surface area contributed by atoms with Crippen LogP contribution in [0.4, 0.5) is 0 Å². The fraction of sp³-hybridized carbons (Fsp3) is 0.750. The zero-order valence-electron chi connectivity index (χ0n) is 14.2. The van der Waals surface area contributed by atoms with Crippen LogP contribution in [-0.2, 0) is 6.42 Å². The lowest BCUT2D eigenvalue weighted by atomic mass is 9.79. The summed E-state index contributed by atoms with van der Waals surface area (Å²) in [6.07, 6.45) is 2.88. The van der Waals surface area contributed by atoms with E-state index in [-0.39, 0.29) is 17.4 Å². The Morgan fingerprint density at radius 3 is 2.57 bits per heavy atom. The number of amides is 1. The molecule has 0 aliphatic heterocycles. The number of rotatable bonds is 8. The summed E-state index contributed by atoms with van der Waals surface area (Å²) in [7, 11) is 1.94. The minimum Gasteiger partial charge on any atom is -0.360 e. The first kappa shape index (κ1) is 17.7. The standard InChI is InChI=1S/C16H29N3O2/c1-7-9-16(5,10-17-6)12(4)18-15(20)14-11(3)13(8-2)21-19-14/h12,17H,7-10H2,1-6H3,(H,18,20). The molecule has 1 aromatic heterocycles. The van der Waals surface area contributed by atoms with Crippen molar-refractivity contribution in [2.45, 2.75) is 59.9 Å². The Labute approximate surface area is 127 Å². The van der Waals surface area contributed by atoms with E-state index in [0.29, 0.717) is 5.69 Å². The van der Waals surface area contributed by atoms with Crippen LogP contribution in [0.25, 0.3) is 0 Å². The van der Waals surface area contributed by atoms with Gasteiger partial charge in [-0.15, -0.1) is 0 Å². The number of hydrogen-bond donors (Lipinski definition) is 2. The molecule has 21 heavy (non-hydrogen) atoms. The van der Waals surface area contributed by atoms with Crippen molar-refractivity contribution in [3.8, 4) is 0 Å². The third-order valence-electron chi connectivity index (χ3n) is 4.35. The van der Waals surface area contributed by atoms with E-state index in [9.17, 15) is 4.79 Å². The number of aromatic nitrogens is 1. The Hall–Kier alpha value is -1.36. The summed E-state index contributed by atoms with van der Waals surface area (Å²) >= 11 is 0. The summed E-state index contributed by atoms with van der Waals surface area (Å²) < 4.78 is 5.20. The van der Waals surface area contributed by atoms with E-state index in [1.807, 2.05) is 20.9 Å². The summed E-state index contributed by atoms with van der Waals surface area (Å²) in [4.78, 5) is 12.4. The van der Waals surface area contributed by atoms with Crippen molar-refractivity contribution in [3.63, 3.8) is 0 Å². The van der Waals surface area contributed by atoms with Crippen molar-refractivity contribution in [3.05, 3.63) is 17.0 Å². The average Bonchev–Trinajstić information content (AvgIpc) is 2.80. The van der Waals surface area contributed by atoms with Crippen LogP contribution in [0, 0.1) is 12.3 Å². The molecular weight excluding hydrogens is 266 g/mol. The molecule has 1 amide bonds. The van der Waals surface area contributed by atoms with Gasteiger partial charge in [0.15, 0.2) is 5.69 Å². The Balaban J connectivity index is 2.82. The van der Waals surface area contributed by atoms with Gasteiger partial charge in [-0.3, -0.25) is 4.79 Å². The molecule has 0 saturated carbocycles. The Morgan fingerprint density at radius 1 is 1.43 bits per heavy atom. The number of nitrogens with one attached hydrogen (secondary N) is 2. The smallest absolute Gasteiger partial charge is 0.273 e. The summed E-state index contributed by atoms with van der Waals surface area (Å²) in [5.74, 6) is 0.626. The third kappa shape index (κ3) is 4.06. The highest BCUT2D eigenvalue weighted by Gasteiger charge is 2.32. The van der Waals surface area contributed by atoms with Crippen LogP contribution < -0.4 is 10.6 Å². The molecule has 2 unspecified atom stereocenters. The highest BCUT2D eigenvalue weighted by molar-refractivity contribution is 5.93. The zero-order valence-corrected chi connectivity index (χ0v) is 14.2. The molecular formula is C16H29N3O2. The van der Waals surface area contributed by atoms with Gasteiger partial charge in [0, 0.05) is 24.6 Å². The topological polar surface area (TPSA) is 67.2 Å². The Bertz CT molecular complexity index is 462. The first-order valence-electron chi connectivity index (χ1n) is 7.80.